The van der Waals surface area contributed by atoms with Gasteiger partial charge in [0.2, 0.25) is 34.8 Å². The fourth-order valence-electron chi connectivity index (χ4n) is 4.17. The number of esters is 1. The van der Waals surface area contributed by atoms with Gasteiger partial charge in [-0.15, -0.1) is 11.6 Å². The summed E-state index contributed by atoms with van der Waals surface area (Å²) in [6.07, 6.45) is 3.93. The minimum absolute atomic E-state index is 0.0785. The van der Waals surface area contributed by atoms with Gasteiger partial charge < -0.3 is 61.6 Å². The number of halogens is 6. The van der Waals surface area contributed by atoms with E-state index >= 15 is 0 Å². The average molecular weight is 859 g/mol. The third-order valence-corrected chi connectivity index (χ3v) is 7.37. The molecular weight excluding hydrogens is 799 g/mol. The zero-order chi connectivity index (χ0) is 41.4. The Morgan fingerprint density at radius 1 is 0.333 bits per heavy atom. The summed E-state index contributed by atoms with van der Waals surface area (Å²) in [5.74, 6) is -13.4. The highest BCUT2D eigenvalue weighted by Crippen LogP contribution is 2.29. The molecule has 20 heteroatoms. The maximum atomic E-state index is 13.6. The van der Waals surface area contributed by atoms with Crippen molar-refractivity contribution in [1.82, 2.24) is 0 Å². The maximum Gasteiger partial charge on any atom is 0.313 e. The predicted molar refractivity (Wildman–Crippen MR) is 195 cm³/mol. The first kappa shape index (κ1) is 53.2. The molecule has 0 N–H and O–H groups in total. The van der Waals surface area contributed by atoms with E-state index in [0.29, 0.717) is 126 Å². The topological polar surface area (TPSA) is 137 Å². The number of ether oxygens (including phenoxy) is 13. The van der Waals surface area contributed by atoms with Crippen LogP contribution in [0.2, 0.25) is 0 Å². The van der Waals surface area contributed by atoms with Gasteiger partial charge in [0.25, 0.3) is 0 Å². The molecule has 0 aromatic heterocycles. The van der Waals surface area contributed by atoms with Crippen LogP contribution in [0.5, 0.6) is 5.75 Å². The number of carbonyl (C=O) groups is 1. The number of carbonyl (C=O) groups excluding carboxylic acids is 1. The summed E-state index contributed by atoms with van der Waals surface area (Å²) in [7, 11) is 0. The van der Waals surface area contributed by atoms with Crippen LogP contribution in [0.3, 0.4) is 0 Å². The summed E-state index contributed by atoms with van der Waals surface area (Å²) in [5.41, 5.74) is 0. The molecule has 0 aliphatic carbocycles. The molecular formula is C37H60ClF5O14. The van der Waals surface area contributed by atoms with Gasteiger partial charge in [0, 0.05) is 12.5 Å². The molecule has 14 nitrogen and oxygen atoms in total. The van der Waals surface area contributed by atoms with E-state index < -0.39 is 47.2 Å². The van der Waals surface area contributed by atoms with E-state index in [9.17, 15) is 26.7 Å². The van der Waals surface area contributed by atoms with Crippen LogP contribution in [-0.2, 0) is 61.6 Å². The quantitative estimate of drug-likeness (QED) is 0.0171. The Hall–Kier alpha value is -1.85. The highest BCUT2D eigenvalue weighted by molar-refractivity contribution is 6.17. The van der Waals surface area contributed by atoms with Crippen LogP contribution in [0.4, 0.5) is 22.0 Å². The lowest BCUT2D eigenvalue weighted by Gasteiger charge is -2.09. The van der Waals surface area contributed by atoms with Crippen molar-refractivity contribution in [2.75, 3.05) is 164 Å². The van der Waals surface area contributed by atoms with Crippen molar-refractivity contribution in [3.8, 4) is 5.75 Å². The van der Waals surface area contributed by atoms with E-state index in [1.807, 2.05) is 0 Å². The molecule has 1 aromatic carbocycles. The molecule has 0 aliphatic rings. The lowest BCUT2D eigenvalue weighted by atomic mass is 10.2. The van der Waals surface area contributed by atoms with Gasteiger partial charge in [-0.1, -0.05) is 12.8 Å². The first-order chi connectivity index (χ1) is 27.9. The van der Waals surface area contributed by atoms with E-state index in [0.717, 1.165) is 38.2 Å². The van der Waals surface area contributed by atoms with Crippen molar-refractivity contribution in [3.63, 3.8) is 0 Å². The Balaban J connectivity index is 1.70. The third-order valence-electron chi connectivity index (χ3n) is 7.10. The molecule has 0 heterocycles. The summed E-state index contributed by atoms with van der Waals surface area (Å²) in [6, 6.07) is 0. The summed E-state index contributed by atoms with van der Waals surface area (Å²) >= 11 is 5.65. The second-order valence-electron chi connectivity index (χ2n) is 11.6. The average Bonchev–Trinajstić information content (AvgIpc) is 3.21. The molecule has 0 unspecified atom stereocenters. The van der Waals surface area contributed by atoms with Crippen LogP contribution >= 0.6 is 11.6 Å². The smallest absolute Gasteiger partial charge is 0.313 e. The van der Waals surface area contributed by atoms with Crippen molar-refractivity contribution in [2.45, 2.75) is 32.1 Å². The first-order valence-corrected chi connectivity index (χ1v) is 19.6. The number of unbranched alkanes of at least 4 members (excludes halogenated alkanes) is 3. The van der Waals surface area contributed by atoms with Crippen LogP contribution in [0.1, 0.15) is 32.1 Å². The molecule has 0 amide bonds. The van der Waals surface area contributed by atoms with E-state index in [-0.39, 0.29) is 26.4 Å². The van der Waals surface area contributed by atoms with Crippen LogP contribution in [0.25, 0.3) is 0 Å². The van der Waals surface area contributed by atoms with Crippen molar-refractivity contribution in [1.29, 1.82) is 0 Å². The molecule has 0 atom stereocenters. The van der Waals surface area contributed by atoms with Gasteiger partial charge in [0.1, 0.15) is 0 Å². The molecule has 0 aliphatic heterocycles. The van der Waals surface area contributed by atoms with Gasteiger partial charge in [-0.2, -0.15) is 8.78 Å². The van der Waals surface area contributed by atoms with Crippen molar-refractivity contribution >= 4 is 17.6 Å². The summed E-state index contributed by atoms with van der Waals surface area (Å²) in [5, 5.41) is 0. The van der Waals surface area contributed by atoms with Gasteiger partial charge >= 0.3 is 5.97 Å². The number of hydrogen-bond acceptors (Lipinski definition) is 14. The Bertz CT molecular complexity index is 1070. The van der Waals surface area contributed by atoms with Crippen molar-refractivity contribution in [2.24, 2.45) is 0 Å². The first-order valence-electron chi connectivity index (χ1n) is 19.1. The zero-order valence-electron chi connectivity index (χ0n) is 32.7. The fraction of sp³-hybridized carbons (Fsp3) is 0.811. The Morgan fingerprint density at radius 3 is 0.877 bits per heavy atom. The van der Waals surface area contributed by atoms with Crippen molar-refractivity contribution in [3.05, 3.63) is 29.1 Å². The minimum atomic E-state index is -2.35. The van der Waals surface area contributed by atoms with E-state index in [4.69, 9.17) is 68.4 Å². The second-order valence-corrected chi connectivity index (χ2v) is 12.0. The highest BCUT2D eigenvalue weighted by atomic mass is 35.5. The highest BCUT2D eigenvalue weighted by Gasteiger charge is 2.28. The normalized spacial score (nSPS) is 11.5. The Labute approximate surface area is 337 Å². The molecule has 0 radical (unpaired) electrons. The molecule has 334 valence electrons. The maximum absolute atomic E-state index is 13.6. The minimum Gasteiger partial charge on any atom is -0.420 e. The molecule has 0 fully saturated rings. The summed E-state index contributed by atoms with van der Waals surface area (Å²) in [4.78, 5) is 11.7. The van der Waals surface area contributed by atoms with Gasteiger partial charge in [0.05, 0.1) is 158 Å². The van der Waals surface area contributed by atoms with Gasteiger partial charge in [0.15, 0.2) is 0 Å². The van der Waals surface area contributed by atoms with Crippen LogP contribution in [0, 0.1) is 29.1 Å². The van der Waals surface area contributed by atoms with Crippen molar-refractivity contribution < 1.29 is 88.3 Å². The van der Waals surface area contributed by atoms with Gasteiger partial charge in [-0.05, 0) is 12.8 Å². The summed E-state index contributed by atoms with van der Waals surface area (Å²) in [6.45, 7) is 9.74. The molecule has 0 saturated heterocycles. The monoisotopic (exact) mass is 858 g/mol. The van der Waals surface area contributed by atoms with Crippen LogP contribution in [-0.4, -0.2) is 170 Å². The number of rotatable bonds is 43. The largest absolute Gasteiger partial charge is 0.420 e. The van der Waals surface area contributed by atoms with Gasteiger partial charge in [-0.25, -0.2) is 13.2 Å². The molecule has 0 saturated carbocycles. The number of alkyl halides is 1. The van der Waals surface area contributed by atoms with E-state index in [2.05, 4.69) is 4.74 Å². The van der Waals surface area contributed by atoms with E-state index in [1.165, 1.54) is 0 Å². The lowest BCUT2D eigenvalue weighted by Crippen LogP contribution is -2.16. The summed E-state index contributed by atoms with van der Waals surface area (Å²) < 4.78 is 136. The van der Waals surface area contributed by atoms with Crippen LogP contribution in [0.15, 0.2) is 0 Å². The molecule has 0 spiro atoms. The second kappa shape index (κ2) is 39.6. The third kappa shape index (κ3) is 30.8. The van der Waals surface area contributed by atoms with E-state index in [1.54, 1.807) is 0 Å². The lowest BCUT2D eigenvalue weighted by molar-refractivity contribution is -0.136. The molecule has 1 rings (SSSR count). The predicted octanol–water partition coefficient (Wildman–Crippen LogP) is 4.68. The zero-order valence-corrected chi connectivity index (χ0v) is 33.5. The Kier molecular flexibility index (Phi) is 36.9. The fourth-order valence-corrected chi connectivity index (χ4v) is 4.36. The molecule has 57 heavy (non-hydrogen) atoms. The molecule has 0 bridgehead atoms. The SMILES string of the molecule is O=C(CCOCCOCCOCCOCCOCCOCCOCCOCCOCCOCCOCCOCCCCCCCl)Oc1c(F)c(F)c(F)c(F)c1F. The number of benzene rings is 1. The van der Waals surface area contributed by atoms with Gasteiger partial charge in [-0.3, -0.25) is 4.79 Å². The standard InChI is InChI=1S/C37H60ClF5O14/c38-6-3-1-2-4-7-45-9-11-47-13-15-49-17-19-51-21-23-53-25-27-55-29-30-56-28-26-54-24-22-52-20-18-50-16-14-48-12-10-46-8-5-31(44)57-37-35(42)33(40)32(39)34(41)36(37)43/h1-30H2. The molecule has 1 aromatic rings. The number of hydrogen-bond donors (Lipinski definition) is 0. The Morgan fingerprint density at radius 2 is 0.579 bits per heavy atom. The van der Waals surface area contributed by atoms with Crippen LogP contribution < -0.4 is 4.74 Å².